The van der Waals surface area contributed by atoms with Crippen LogP contribution in [-0.4, -0.2) is 51.9 Å². The number of hydrogen-bond acceptors (Lipinski definition) is 7. The summed E-state index contributed by atoms with van der Waals surface area (Å²) < 4.78 is 0. The first-order valence-electron chi connectivity index (χ1n) is 8.05. The van der Waals surface area contributed by atoms with E-state index in [2.05, 4.69) is 31.3 Å². The van der Waals surface area contributed by atoms with Crippen molar-refractivity contribution in [1.82, 2.24) is 19.9 Å². The number of carbonyl (C=O) groups is 1. The summed E-state index contributed by atoms with van der Waals surface area (Å²) in [6.45, 7) is 2.97. The molecule has 8 heteroatoms. The lowest BCUT2D eigenvalue weighted by Crippen LogP contribution is -2.49. The van der Waals surface area contributed by atoms with Gasteiger partial charge in [0.05, 0.1) is 18.3 Å². The number of thiazole rings is 1. The molecule has 1 aliphatic heterocycles. The van der Waals surface area contributed by atoms with Gasteiger partial charge in [-0.3, -0.25) is 9.78 Å². The lowest BCUT2D eigenvalue weighted by Gasteiger charge is -2.35. The van der Waals surface area contributed by atoms with Crippen LogP contribution in [-0.2, 0) is 11.2 Å². The average Bonchev–Trinajstić information content (AvgIpc) is 3.34. The van der Waals surface area contributed by atoms with Gasteiger partial charge in [0.1, 0.15) is 10.8 Å². The average molecular weight is 371 g/mol. The zero-order valence-corrected chi connectivity index (χ0v) is 15.2. The number of rotatable bonds is 4. The van der Waals surface area contributed by atoms with Gasteiger partial charge < -0.3 is 9.80 Å². The van der Waals surface area contributed by atoms with Gasteiger partial charge in [-0.15, -0.1) is 11.3 Å². The van der Waals surface area contributed by atoms with E-state index in [-0.39, 0.29) is 5.91 Å². The Bertz CT molecular complexity index is 826. The highest BCUT2D eigenvalue weighted by Gasteiger charge is 2.22. The van der Waals surface area contributed by atoms with Gasteiger partial charge in [0.25, 0.3) is 0 Å². The van der Waals surface area contributed by atoms with Crippen molar-refractivity contribution in [2.24, 2.45) is 0 Å². The fourth-order valence-corrected chi connectivity index (χ4v) is 4.34. The summed E-state index contributed by atoms with van der Waals surface area (Å²) in [5.41, 5.74) is 1.99. The van der Waals surface area contributed by atoms with Crippen molar-refractivity contribution in [3.05, 3.63) is 46.5 Å². The molecule has 25 heavy (non-hydrogen) atoms. The molecule has 4 rings (SSSR count). The minimum Gasteiger partial charge on any atom is -0.352 e. The van der Waals surface area contributed by atoms with Gasteiger partial charge in [-0.2, -0.15) is 11.3 Å². The molecular formula is C17H17N5OS2. The van der Waals surface area contributed by atoms with Crippen molar-refractivity contribution in [2.45, 2.75) is 6.42 Å². The minimum absolute atomic E-state index is 0.140. The largest absolute Gasteiger partial charge is 0.352 e. The molecule has 4 heterocycles. The van der Waals surface area contributed by atoms with E-state index in [0.29, 0.717) is 19.5 Å². The summed E-state index contributed by atoms with van der Waals surface area (Å²) in [5, 5.41) is 7.09. The van der Waals surface area contributed by atoms with E-state index in [1.807, 2.05) is 15.7 Å². The summed E-state index contributed by atoms with van der Waals surface area (Å²) in [4.78, 5) is 29.6. The van der Waals surface area contributed by atoms with Crippen LogP contribution in [0.5, 0.6) is 0 Å². The second kappa shape index (κ2) is 7.28. The summed E-state index contributed by atoms with van der Waals surface area (Å²) >= 11 is 3.25. The molecular weight excluding hydrogens is 354 g/mol. The van der Waals surface area contributed by atoms with Crippen LogP contribution in [0.15, 0.2) is 40.8 Å². The molecule has 6 nitrogen and oxygen atoms in total. The highest BCUT2D eigenvalue weighted by Crippen LogP contribution is 2.26. The van der Waals surface area contributed by atoms with Crippen LogP contribution >= 0.6 is 22.7 Å². The molecule has 0 radical (unpaired) electrons. The third kappa shape index (κ3) is 3.69. The number of carbonyl (C=O) groups excluding carboxylic acids is 1. The highest BCUT2D eigenvalue weighted by atomic mass is 32.1. The molecule has 0 bridgehead atoms. The standard InChI is InChI=1S/C17H17N5OS2/c23-16(9-14-12-25-17(20-14)13-1-8-24-11-13)22-6-4-21(5-7-22)15-10-18-2-3-19-15/h1-3,8,10-12H,4-7,9H2. The first-order chi connectivity index (χ1) is 12.3. The van der Waals surface area contributed by atoms with E-state index in [1.165, 1.54) is 0 Å². The van der Waals surface area contributed by atoms with E-state index < -0.39 is 0 Å². The molecule has 1 amide bonds. The number of nitrogens with zero attached hydrogens (tertiary/aromatic N) is 5. The SMILES string of the molecule is O=C(Cc1csc(-c2ccsc2)n1)N1CCN(c2cnccn2)CC1. The van der Waals surface area contributed by atoms with Gasteiger partial charge in [-0.25, -0.2) is 9.97 Å². The number of anilines is 1. The van der Waals surface area contributed by atoms with Crippen molar-refractivity contribution in [2.75, 3.05) is 31.1 Å². The first-order valence-corrected chi connectivity index (χ1v) is 9.87. The van der Waals surface area contributed by atoms with Crippen molar-refractivity contribution in [3.63, 3.8) is 0 Å². The molecule has 0 N–H and O–H groups in total. The highest BCUT2D eigenvalue weighted by molar-refractivity contribution is 7.14. The number of thiophene rings is 1. The molecule has 0 saturated carbocycles. The second-order valence-electron chi connectivity index (χ2n) is 5.76. The Morgan fingerprint density at radius 3 is 2.76 bits per heavy atom. The number of amides is 1. The zero-order chi connectivity index (χ0) is 17.1. The fourth-order valence-electron chi connectivity index (χ4n) is 2.81. The van der Waals surface area contributed by atoms with Gasteiger partial charge >= 0.3 is 0 Å². The smallest absolute Gasteiger partial charge is 0.228 e. The molecule has 3 aromatic heterocycles. The van der Waals surface area contributed by atoms with E-state index in [0.717, 1.165) is 35.2 Å². The molecule has 0 unspecified atom stereocenters. The molecule has 1 aliphatic rings. The topological polar surface area (TPSA) is 62.2 Å². The van der Waals surface area contributed by atoms with Crippen molar-refractivity contribution < 1.29 is 4.79 Å². The molecule has 0 aromatic carbocycles. The van der Waals surface area contributed by atoms with E-state index >= 15 is 0 Å². The maximum atomic E-state index is 12.6. The second-order valence-corrected chi connectivity index (χ2v) is 7.40. The quantitative estimate of drug-likeness (QED) is 0.705. The van der Waals surface area contributed by atoms with E-state index in [4.69, 9.17) is 0 Å². The Hall–Kier alpha value is -2.32. The third-order valence-corrected chi connectivity index (χ3v) is 5.78. The molecule has 0 spiro atoms. The van der Waals surface area contributed by atoms with Crippen LogP contribution in [0.1, 0.15) is 5.69 Å². The zero-order valence-electron chi connectivity index (χ0n) is 13.5. The van der Waals surface area contributed by atoms with Gasteiger partial charge in [-0.1, -0.05) is 0 Å². The summed E-state index contributed by atoms with van der Waals surface area (Å²) in [6.07, 6.45) is 5.49. The number of hydrogen-bond donors (Lipinski definition) is 0. The molecule has 0 atom stereocenters. The van der Waals surface area contributed by atoms with Crippen LogP contribution in [0.3, 0.4) is 0 Å². The predicted molar refractivity (Wildman–Crippen MR) is 100.0 cm³/mol. The monoisotopic (exact) mass is 371 g/mol. The van der Waals surface area contributed by atoms with Crippen molar-refractivity contribution in [1.29, 1.82) is 0 Å². The number of aromatic nitrogens is 3. The Morgan fingerprint density at radius 1 is 1.16 bits per heavy atom. The van der Waals surface area contributed by atoms with Gasteiger partial charge in [0.2, 0.25) is 5.91 Å². The van der Waals surface area contributed by atoms with Gasteiger partial charge in [0, 0.05) is 54.9 Å². The summed E-state index contributed by atoms with van der Waals surface area (Å²) in [5.74, 6) is 1.01. The molecule has 128 valence electrons. The van der Waals surface area contributed by atoms with Crippen LogP contribution in [0, 0.1) is 0 Å². The lowest BCUT2D eigenvalue weighted by molar-refractivity contribution is -0.130. The van der Waals surface area contributed by atoms with Crippen molar-refractivity contribution >= 4 is 34.4 Å². The summed E-state index contributed by atoms with van der Waals surface area (Å²) in [6, 6.07) is 2.06. The van der Waals surface area contributed by atoms with E-state index in [1.54, 1.807) is 41.3 Å². The summed E-state index contributed by atoms with van der Waals surface area (Å²) in [7, 11) is 0. The van der Waals surface area contributed by atoms with Crippen LogP contribution in [0.4, 0.5) is 5.82 Å². The predicted octanol–water partition coefficient (Wildman–Crippen LogP) is 2.55. The van der Waals surface area contributed by atoms with E-state index in [9.17, 15) is 4.79 Å². The van der Waals surface area contributed by atoms with Crippen molar-refractivity contribution in [3.8, 4) is 10.6 Å². The molecule has 1 saturated heterocycles. The normalized spacial score (nSPS) is 14.7. The fraction of sp³-hybridized carbons (Fsp3) is 0.294. The molecule has 1 fully saturated rings. The van der Waals surface area contributed by atoms with Gasteiger partial charge in [-0.05, 0) is 11.4 Å². The van der Waals surface area contributed by atoms with Crippen LogP contribution in [0.2, 0.25) is 0 Å². The Labute approximate surface area is 153 Å². The lowest BCUT2D eigenvalue weighted by atomic mass is 10.2. The van der Waals surface area contributed by atoms with Crippen LogP contribution in [0.25, 0.3) is 10.6 Å². The third-order valence-electron chi connectivity index (χ3n) is 4.16. The Balaban J connectivity index is 1.34. The van der Waals surface area contributed by atoms with Gasteiger partial charge in [0.15, 0.2) is 0 Å². The molecule has 3 aromatic rings. The first kappa shape index (κ1) is 16.2. The number of piperazine rings is 1. The maximum absolute atomic E-state index is 12.6. The maximum Gasteiger partial charge on any atom is 0.228 e. The minimum atomic E-state index is 0.140. The molecule has 0 aliphatic carbocycles. The van der Waals surface area contributed by atoms with Crippen LogP contribution < -0.4 is 4.90 Å². The Morgan fingerprint density at radius 2 is 2.04 bits per heavy atom. The Kier molecular flexibility index (Phi) is 4.71.